The standard InChI is InChI=1S/C27H40N4O5/c1-6-10-21-24-25(30(5)29-21)26(32)31(23(28-24)11-7-2)16-17-36-20-14-12-19(13-15-20)18-22(34-8-3)27(33)35-9-4/h12-15,22,24-25H,6-11,16-18H2,1-5H3. The van der Waals surface area contributed by atoms with Crippen LogP contribution in [-0.4, -0.2) is 84.9 Å². The fraction of sp³-hybridized carbons (Fsp3) is 0.630. The minimum Gasteiger partial charge on any atom is -0.492 e. The van der Waals surface area contributed by atoms with Gasteiger partial charge in [0.15, 0.2) is 12.1 Å². The zero-order chi connectivity index (χ0) is 26.1. The number of hydrazone groups is 1. The molecule has 0 radical (unpaired) electrons. The second-order valence-electron chi connectivity index (χ2n) is 8.98. The lowest BCUT2D eigenvalue weighted by atomic mass is 9.98. The van der Waals surface area contributed by atoms with Gasteiger partial charge in [-0.1, -0.05) is 32.4 Å². The van der Waals surface area contributed by atoms with Crippen molar-refractivity contribution >= 4 is 23.4 Å². The third kappa shape index (κ3) is 6.63. The molecular formula is C27H40N4O5. The molecule has 2 aliphatic rings. The Labute approximate surface area is 214 Å². The Bertz CT molecular complexity index is 946. The molecule has 0 aliphatic carbocycles. The Morgan fingerprint density at radius 1 is 1.06 bits per heavy atom. The molecule has 0 saturated heterocycles. The number of rotatable bonds is 14. The summed E-state index contributed by atoms with van der Waals surface area (Å²) in [5, 5.41) is 6.38. The van der Waals surface area contributed by atoms with E-state index in [-0.39, 0.29) is 24.0 Å². The third-order valence-electron chi connectivity index (χ3n) is 6.27. The van der Waals surface area contributed by atoms with Gasteiger partial charge < -0.3 is 14.2 Å². The van der Waals surface area contributed by atoms with Gasteiger partial charge in [-0.3, -0.25) is 19.7 Å². The van der Waals surface area contributed by atoms with Crippen LogP contribution in [0.25, 0.3) is 0 Å². The highest BCUT2D eigenvalue weighted by molar-refractivity contribution is 6.09. The molecule has 0 aromatic heterocycles. The van der Waals surface area contributed by atoms with E-state index in [4.69, 9.17) is 19.2 Å². The first-order valence-electron chi connectivity index (χ1n) is 13.1. The van der Waals surface area contributed by atoms with E-state index in [1.165, 1.54) is 0 Å². The van der Waals surface area contributed by atoms with Gasteiger partial charge in [0.05, 0.1) is 18.9 Å². The zero-order valence-electron chi connectivity index (χ0n) is 22.2. The minimum atomic E-state index is -0.623. The van der Waals surface area contributed by atoms with Crippen molar-refractivity contribution in [3.8, 4) is 5.75 Å². The summed E-state index contributed by atoms with van der Waals surface area (Å²) >= 11 is 0. The molecule has 1 aromatic carbocycles. The Hall–Kier alpha value is -2.94. The highest BCUT2D eigenvalue weighted by Crippen LogP contribution is 2.27. The van der Waals surface area contributed by atoms with Crippen LogP contribution >= 0.6 is 0 Å². The number of benzene rings is 1. The number of hydrogen-bond acceptors (Lipinski definition) is 8. The van der Waals surface area contributed by atoms with Gasteiger partial charge in [-0.2, -0.15) is 5.10 Å². The molecule has 3 rings (SSSR count). The van der Waals surface area contributed by atoms with Crippen LogP contribution in [0.3, 0.4) is 0 Å². The van der Waals surface area contributed by atoms with E-state index in [1.807, 2.05) is 38.2 Å². The smallest absolute Gasteiger partial charge is 0.335 e. The number of hydrogen-bond donors (Lipinski definition) is 0. The van der Waals surface area contributed by atoms with Gasteiger partial charge in [-0.25, -0.2) is 4.79 Å². The van der Waals surface area contributed by atoms with Crippen molar-refractivity contribution in [1.29, 1.82) is 0 Å². The highest BCUT2D eigenvalue weighted by Gasteiger charge is 2.46. The number of amidine groups is 1. The Morgan fingerprint density at radius 2 is 1.78 bits per heavy atom. The predicted molar refractivity (Wildman–Crippen MR) is 139 cm³/mol. The molecule has 0 N–H and O–H groups in total. The third-order valence-corrected chi connectivity index (χ3v) is 6.27. The van der Waals surface area contributed by atoms with Gasteiger partial charge in [0.2, 0.25) is 0 Å². The average Bonchev–Trinajstić information content (AvgIpc) is 3.17. The lowest BCUT2D eigenvalue weighted by Crippen LogP contribution is -2.56. The van der Waals surface area contributed by atoms with E-state index in [2.05, 4.69) is 18.9 Å². The van der Waals surface area contributed by atoms with Crippen molar-refractivity contribution in [3.63, 3.8) is 0 Å². The van der Waals surface area contributed by atoms with Crippen molar-refractivity contribution in [2.45, 2.75) is 78.0 Å². The summed E-state index contributed by atoms with van der Waals surface area (Å²) in [4.78, 5) is 32.3. The number of fused-ring (bicyclic) bond motifs is 1. The molecule has 0 spiro atoms. The summed E-state index contributed by atoms with van der Waals surface area (Å²) in [5.74, 6) is 1.21. The van der Waals surface area contributed by atoms with Crippen molar-refractivity contribution in [1.82, 2.24) is 9.91 Å². The number of amides is 1. The molecule has 3 atom stereocenters. The maximum absolute atomic E-state index is 13.4. The maximum Gasteiger partial charge on any atom is 0.335 e. The van der Waals surface area contributed by atoms with Gasteiger partial charge in [0, 0.05) is 26.5 Å². The van der Waals surface area contributed by atoms with Gasteiger partial charge >= 0.3 is 5.97 Å². The minimum absolute atomic E-state index is 0.0377. The number of carbonyl (C=O) groups is 2. The molecular weight excluding hydrogens is 460 g/mol. The number of aliphatic imine (C=N–C) groups is 1. The number of carbonyl (C=O) groups excluding carboxylic acids is 2. The molecule has 0 fully saturated rings. The molecule has 9 nitrogen and oxygen atoms in total. The zero-order valence-corrected chi connectivity index (χ0v) is 22.2. The van der Waals surface area contributed by atoms with Crippen LogP contribution in [0.2, 0.25) is 0 Å². The summed E-state index contributed by atoms with van der Waals surface area (Å²) < 4.78 is 16.6. The predicted octanol–water partition coefficient (Wildman–Crippen LogP) is 3.46. The van der Waals surface area contributed by atoms with Crippen molar-refractivity contribution in [2.24, 2.45) is 10.1 Å². The normalized spacial score (nSPS) is 20.1. The van der Waals surface area contributed by atoms with Crippen LogP contribution < -0.4 is 4.74 Å². The van der Waals surface area contributed by atoms with Crippen molar-refractivity contribution in [3.05, 3.63) is 29.8 Å². The first kappa shape index (κ1) is 27.6. The molecule has 198 valence electrons. The Morgan fingerprint density at radius 3 is 2.42 bits per heavy atom. The van der Waals surface area contributed by atoms with Crippen LogP contribution in [0.5, 0.6) is 5.75 Å². The van der Waals surface area contributed by atoms with Crippen molar-refractivity contribution in [2.75, 3.05) is 33.4 Å². The van der Waals surface area contributed by atoms with E-state index >= 15 is 0 Å². The maximum atomic E-state index is 13.4. The van der Waals surface area contributed by atoms with Crippen LogP contribution in [0, 0.1) is 0 Å². The van der Waals surface area contributed by atoms with Crippen LogP contribution in [0.1, 0.15) is 58.9 Å². The van der Waals surface area contributed by atoms with Gasteiger partial charge in [-0.05, 0) is 44.4 Å². The monoisotopic (exact) mass is 500 g/mol. The molecule has 0 bridgehead atoms. The molecule has 1 amide bonds. The molecule has 36 heavy (non-hydrogen) atoms. The van der Waals surface area contributed by atoms with Gasteiger partial charge in [-0.15, -0.1) is 0 Å². The fourth-order valence-corrected chi connectivity index (χ4v) is 4.62. The number of nitrogens with zero attached hydrogens (tertiary/aromatic N) is 4. The lowest BCUT2D eigenvalue weighted by Gasteiger charge is -2.35. The van der Waals surface area contributed by atoms with E-state index in [9.17, 15) is 9.59 Å². The Balaban J connectivity index is 1.60. The van der Waals surface area contributed by atoms with Crippen LogP contribution in [0.4, 0.5) is 0 Å². The summed E-state index contributed by atoms with van der Waals surface area (Å²) in [6.07, 6.45) is 3.30. The number of esters is 1. The molecule has 2 heterocycles. The number of likely N-dealkylation sites (N-methyl/N-ethyl adjacent to an activating group) is 1. The van der Waals surface area contributed by atoms with E-state index in [0.717, 1.165) is 42.8 Å². The molecule has 9 heteroatoms. The molecule has 2 aliphatic heterocycles. The first-order chi connectivity index (χ1) is 17.4. The van der Waals surface area contributed by atoms with Crippen LogP contribution in [0.15, 0.2) is 34.4 Å². The quantitative estimate of drug-likeness (QED) is 0.363. The molecule has 1 aromatic rings. The number of ether oxygens (including phenoxy) is 3. The summed E-state index contributed by atoms with van der Waals surface area (Å²) in [7, 11) is 1.85. The SMILES string of the molecule is CCCC1=NN(C)C2C(=O)N(CCOc3ccc(CC(OCC)C(=O)OCC)cc3)C(CCC)=NC12. The second kappa shape index (κ2) is 13.4. The van der Waals surface area contributed by atoms with E-state index in [1.54, 1.807) is 16.8 Å². The van der Waals surface area contributed by atoms with E-state index in [0.29, 0.717) is 38.5 Å². The first-order valence-corrected chi connectivity index (χ1v) is 13.1. The average molecular weight is 501 g/mol. The molecule has 0 saturated carbocycles. The lowest BCUT2D eigenvalue weighted by molar-refractivity contribution is -0.156. The van der Waals surface area contributed by atoms with Crippen LogP contribution in [-0.2, 0) is 25.5 Å². The Kier molecular flexibility index (Phi) is 10.3. The summed E-state index contributed by atoms with van der Waals surface area (Å²) in [6.45, 7) is 9.38. The fourth-order valence-electron chi connectivity index (χ4n) is 4.62. The highest BCUT2D eigenvalue weighted by atomic mass is 16.6. The van der Waals surface area contributed by atoms with Gasteiger partial charge in [0.25, 0.3) is 5.91 Å². The van der Waals surface area contributed by atoms with Gasteiger partial charge in [0.1, 0.15) is 24.2 Å². The largest absolute Gasteiger partial charge is 0.492 e. The summed E-state index contributed by atoms with van der Waals surface area (Å²) in [5.41, 5.74) is 1.95. The van der Waals surface area contributed by atoms with E-state index < -0.39 is 6.10 Å². The topological polar surface area (TPSA) is 93.0 Å². The van der Waals surface area contributed by atoms with Crippen molar-refractivity contribution < 1.29 is 23.8 Å². The molecule has 3 unspecified atom stereocenters. The summed E-state index contributed by atoms with van der Waals surface area (Å²) in [6, 6.07) is 7.03. The second-order valence-corrected chi connectivity index (χ2v) is 8.98.